The van der Waals surface area contributed by atoms with Gasteiger partial charge in [-0.05, 0) is 98.2 Å². The maximum atomic E-state index is 12.1. The number of hydrogen-bond acceptors (Lipinski definition) is 2. The molecule has 1 N–H and O–H groups in total. The number of allylic oxidation sites excluding steroid dienone is 1. The molecule has 3 heteroatoms. The Bertz CT molecular complexity index is 670. The molecule has 0 radical (unpaired) electrons. The van der Waals surface area contributed by atoms with E-state index in [2.05, 4.69) is 26.8 Å². The van der Waals surface area contributed by atoms with Gasteiger partial charge in [0.2, 0.25) is 5.91 Å². The van der Waals surface area contributed by atoms with Crippen molar-refractivity contribution < 1.29 is 9.90 Å². The predicted octanol–water partition coefficient (Wildman–Crippen LogP) is 5.43. The molecule has 3 nitrogen and oxygen atoms in total. The number of rotatable bonds is 4. The summed E-state index contributed by atoms with van der Waals surface area (Å²) in [6.07, 6.45) is 14.0. The van der Waals surface area contributed by atoms with Gasteiger partial charge in [-0.2, -0.15) is 0 Å². The van der Waals surface area contributed by atoms with Crippen molar-refractivity contribution >= 4 is 5.91 Å². The van der Waals surface area contributed by atoms with E-state index >= 15 is 0 Å². The summed E-state index contributed by atoms with van der Waals surface area (Å²) in [4.78, 5) is 13.8. The average molecular weight is 402 g/mol. The van der Waals surface area contributed by atoms with Crippen molar-refractivity contribution in [3.05, 3.63) is 11.6 Å². The van der Waals surface area contributed by atoms with Gasteiger partial charge in [0.15, 0.2) is 0 Å². The quantitative estimate of drug-likeness (QED) is 0.638. The first-order chi connectivity index (χ1) is 13.7. The van der Waals surface area contributed by atoms with Crippen LogP contribution in [0.5, 0.6) is 0 Å². The summed E-state index contributed by atoms with van der Waals surface area (Å²) in [5, 5.41) is 10.2. The highest BCUT2D eigenvalue weighted by Gasteiger charge is 2.59. The molecule has 29 heavy (non-hydrogen) atoms. The van der Waals surface area contributed by atoms with E-state index in [9.17, 15) is 9.90 Å². The van der Waals surface area contributed by atoms with Crippen LogP contribution < -0.4 is 0 Å². The molecular weight excluding hydrogens is 358 g/mol. The van der Waals surface area contributed by atoms with Crippen molar-refractivity contribution in [2.24, 2.45) is 40.4 Å². The Morgan fingerprint density at radius 3 is 2.66 bits per heavy atom. The average Bonchev–Trinajstić information content (AvgIpc) is 3.03. The fraction of sp³-hybridized carbons (Fsp3) is 0.885. The van der Waals surface area contributed by atoms with E-state index in [-0.39, 0.29) is 12.0 Å². The van der Waals surface area contributed by atoms with E-state index in [0.29, 0.717) is 23.2 Å². The summed E-state index contributed by atoms with van der Waals surface area (Å²) in [5.74, 6) is 4.18. The van der Waals surface area contributed by atoms with Crippen molar-refractivity contribution in [1.82, 2.24) is 4.90 Å². The monoisotopic (exact) mass is 401 g/mol. The van der Waals surface area contributed by atoms with Crippen LogP contribution in [0.15, 0.2) is 11.6 Å². The van der Waals surface area contributed by atoms with Crippen LogP contribution in [0, 0.1) is 40.4 Å². The lowest BCUT2D eigenvalue weighted by atomic mass is 9.47. The van der Waals surface area contributed by atoms with Gasteiger partial charge in [-0.15, -0.1) is 0 Å². The second-order valence-electron chi connectivity index (χ2n) is 11.7. The molecule has 0 aliphatic heterocycles. The Hall–Kier alpha value is -0.830. The Morgan fingerprint density at radius 2 is 1.93 bits per heavy atom. The van der Waals surface area contributed by atoms with Gasteiger partial charge in [0.25, 0.3) is 0 Å². The van der Waals surface area contributed by atoms with Crippen LogP contribution in [0.2, 0.25) is 0 Å². The molecule has 0 aromatic heterocycles. The minimum Gasteiger partial charge on any atom is -0.393 e. The summed E-state index contributed by atoms with van der Waals surface area (Å²) in [6, 6.07) is 0. The van der Waals surface area contributed by atoms with Crippen LogP contribution in [-0.2, 0) is 4.79 Å². The molecule has 1 amide bonds. The molecular formula is C26H43NO2. The normalized spacial score (nSPS) is 44.9. The van der Waals surface area contributed by atoms with Crippen LogP contribution in [0.25, 0.3) is 0 Å². The molecule has 0 bridgehead atoms. The fourth-order valence-corrected chi connectivity index (χ4v) is 8.39. The van der Waals surface area contributed by atoms with Crippen LogP contribution in [0.1, 0.15) is 85.0 Å². The number of hydrogen-bond donors (Lipinski definition) is 1. The smallest absolute Gasteiger partial charge is 0.222 e. The number of carbonyl (C=O) groups excluding carboxylic acids is 1. The minimum absolute atomic E-state index is 0.110. The van der Waals surface area contributed by atoms with E-state index in [4.69, 9.17) is 0 Å². The molecule has 4 aliphatic carbocycles. The van der Waals surface area contributed by atoms with Gasteiger partial charge < -0.3 is 10.0 Å². The molecule has 0 aromatic carbocycles. The lowest BCUT2D eigenvalue weighted by Crippen LogP contribution is -2.50. The Morgan fingerprint density at radius 1 is 1.17 bits per heavy atom. The van der Waals surface area contributed by atoms with Gasteiger partial charge in [0.1, 0.15) is 0 Å². The van der Waals surface area contributed by atoms with Gasteiger partial charge in [-0.3, -0.25) is 4.79 Å². The Balaban J connectivity index is 1.49. The van der Waals surface area contributed by atoms with E-state index in [0.717, 1.165) is 42.9 Å². The van der Waals surface area contributed by atoms with Gasteiger partial charge in [0, 0.05) is 20.5 Å². The second-order valence-corrected chi connectivity index (χ2v) is 11.7. The molecule has 164 valence electrons. The number of fused-ring (bicyclic) bond motifs is 5. The van der Waals surface area contributed by atoms with Gasteiger partial charge in [-0.25, -0.2) is 0 Å². The van der Waals surface area contributed by atoms with Crippen molar-refractivity contribution in [2.45, 2.75) is 91.1 Å². The summed E-state index contributed by atoms with van der Waals surface area (Å²) >= 11 is 0. The third-order valence-corrected chi connectivity index (χ3v) is 10.2. The van der Waals surface area contributed by atoms with E-state index in [1.807, 2.05) is 14.1 Å². The first kappa shape index (κ1) is 21.4. The summed E-state index contributed by atoms with van der Waals surface area (Å²) in [6.45, 7) is 7.53. The van der Waals surface area contributed by atoms with Crippen LogP contribution in [0.3, 0.4) is 0 Å². The van der Waals surface area contributed by atoms with Crippen molar-refractivity contribution in [3.8, 4) is 0 Å². The highest BCUT2D eigenvalue weighted by atomic mass is 16.3. The standard InChI is InChI=1S/C26H43NO2/c1-17(6-11-24(29)27(4)5)21-9-10-22-20-8-7-18-16-19(28)12-14-25(18,2)23(20)13-15-26(21,22)3/h7,17,19-23,28H,6,8-16H2,1-5H3/t17?,19-,20?,21+,22?,23?,25-,26+/m0/s1. The number of amides is 1. The van der Waals surface area contributed by atoms with E-state index in [1.165, 1.54) is 38.5 Å². The number of aliphatic hydroxyl groups is 1. The molecule has 3 fully saturated rings. The maximum Gasteiger partial charge on any atom is 0.222 e. The van der Waals surface area contributed by atoms with Crippen molar-refractivity contribution in [3.63, 3.8) is 0 Å². The highest BCUT2D eigenvalue weighted by Crippen LogP contribution is 2.67. The molecule has 0 spiro atoms. The highest BCUT2D eigenvalue weighted by molar-refractivity contribution is 5.75. The van der Waals surface area contributed by atoms with Gasteiger partial charge >= 0.3 is 0 Å². The van der Waals surface area contributed by atoms with Crippen LogP contribution in [0.4, 0.5) is 0 Å². The zero-order valence-corrected chi connectivity index (χ0v) is 19.4. The molecule has 0 heterocycles. The molecule has 4 aliphatic rings. The largest absolute Gasteiger partial charge is 0.393 e. The van der Waals surface area contributed by atoms with Crippen molar-refractivity contribution in [2.75, 3.05) is 14.1 Å². The first-order valence-electron chi connectivity index (χ1n) is 12.2. The van der Waals surface area contributed by atoms with Crippen LogP contribution in [-0.4, -0.2) is 36.1 Å². The summed E-state index contributed by atoms with van der Waals surface area (Å²) in [5.41, 5.74) is 2.37. The minimum atomic E-state index is -0.110. The van der Waals surface area contributed by atoms with Gasteiger partial charge in [0.05, 0.1) is 6.10 Å². The summed E-state index contributed by atoms with van der Waals surface area (Å²) < 4.78 is 0. The molecule has 3 saturated carbocycles. The molecule has 4 rings (SSSR count). The predicted molar refractivity (Wildman–Crippen MR) is 118 cm³/mol. The summed E-state index contributed by atoms with van der Waals surface area (Å²) in [7, 11) is 3.74. The first-order valence-corrected chi connectivity index (χ1v) is 12.2. The topological polar surface area (TPSA) is 40.5 Å². The molecule has 0 saturated heterocycles. The molecule has 0 aromatic rings. The molecule has 4 unspecified atom stereocenters. The number of carbonyl (C=O) groups is 1. The fourth-order valence-electron chi connectivity index (χ4n) is 8.39. The number of aliphatic hydroxyl groups excluding tert-OH is 1. The SMILES string of the molecule is CC(CCC(=O)N(C)C)[C@H]1CCC2C3CC=C4C[C@@H](O)CC[C@]4(C)C3CC[C@@]21C. The zero-order valence-electron chi connectivity index (χ0n) is 19.4. The second kappa shape index (κ2) is 7.70. The third-order valence-electron chi connectivity index (χ3n) is 10.2. The van der Waals surface area contributed by atoms with Crippen LogP contribution >= 0.6 is 0 Å². The maximum absolute atomic E-state index is 12.1. The van der Waals surface area contributed by atoms with E-state index in [1.54, 1.807) is 10.5 Å². The third kappa shape index (κ3) is 3.50. The lowest BCUT2D eigenvalue weighted by molar-refractivity contribution is -0.129. The van der Waals surface area contributed by atoms with Crippen molar-refractivity contribution in [1.29, 1.82) is 0 Å². The zero-order chi connectivity index (χ0) is 21.0. The van der Waals surface area contributed by atoms with E-state index < -0.39 is 0 Å². The number of nitrogens with zero attached hydrogens (tertiary/aromatic N) is 1. The Labute approximate surface area is 178 Å². The lowest BCUT2D eigenvalue weighted by Gasteiger charge is -2.58. The van der Waals surface area contributed by atoms with Gasteiger partial charge in [-0.1, -0.05) is 32.4 Å². The molecule has 8 atom stereocenters. The Kier molecular flexibility index (Phi) is 5.68.